The van der Waals surface area contributed by atoms with Crippen LogP contribution in [0, 0.1) is 13.8 Å². The minimum absolute atomic E-state index is 0.765. The Labute approximate surface area is 129 Å². The van der Waals surface area contributed by atoms with Gasteiger partial charge in [-0.3, -0.25) is 9.97 Å². The van der Waals surface area contributed by atoms with Gasteiger partial charge in [0.1, 0.15) is 5.60 Å². The van der Waals surface area contributed by atoms with Gasteiger partial charge >= 0.3 is 0 Å². The molecule has 3 aromatic rings. The molecule has 108 valence electrons. The second-order valence-electron chi connectivity index (χ2n) is 5.76. The average Bonchev–Trinajstić information content (AvgIpc) is 2.81. The van der Waals surface area contributed by atoms with Crippen LogP contribution >= 0.6 is 0 Å². The van der Waals surface area contributed by atoms with E-state index in [0.717, 1.165) is 39.2 Å². The fraction of sp³-hybridized carbons (Fsp3) is 0.158. The summed E-state index contributed by atoms with van der Waals surface area (Å²) >= 11 is 0. The molecular weight excluding hydrogens is 272 g/mol. The molecule has 2 heterocycles. The molecule has 0 saturated heterocycles. The topological polar surface area (TPSA) is 46.0 Å². The summed E-state index contributed by atoms with van der Waals surface area (Å²) in [6.45, 7) is 4.11. The van der Waals surface area contributed by atoms with Crippen molar-refractivity contribution in [1.82, 2.24) is 9.97 Å². The smallest absolute Gasteiger partial charge is 0.145 e. The third-order valence-corrected chi connectivity index (χ3v) is 4.61. The molecule has 0 aliphatic heterocycles. The van der Waals surface area contributed by atoms with E-state index in [0.29, 0.717) is 0 Å². The van der Waals surface area contributed by atoms with Crippen molar-refractivity contribution in [3.8, 4) is 11.4 Å². The van der Waals surface area contributed by atoms with Crippen molar-refractivity contribution in [1.29, 1.82) is 0 Å². The first-order chi connectivity index (χ1) is 10.6. The van der Waals surface area contributed by atoms with Gasteiger partial charge in [-0.15, -0.1) is 0 Å². The molecule has 4 rings (SSSR count). The molecule has 1 N–H and O–H groups in total. The van der Waals surface area contributed by atoms with Crippen molar-refractivity contribution < 1.29 is 5.11 Å². The Morgan fingerprint density at radius 2 is 1.32 bits per heavy atom. The summed E-state index contributed by atoms with van der Waals surface area (Å²) in [5.74, 6) is 0. The molecule has 0 spiro atoms. The number of aliphatic hydroxyl groups is 1. The lowest BCUT2D eigenvalue weighted by Gasteiger charge is -2.28. The molecule has 0 fully saturated rings. The molecule has 2 aromatic heterocycles. The van der Waals surface area contributed by atoms with Gasteiger partial charge in [0.25, 0.3) is 0 Å². The van der Waals surface area contributed by atoms with Crippen LogP contribution in [0.25, 0.3) is 11.4 Å². The van der Waals surface area contributed by atoms with Gasteiger partial charge in [0, 0.05) is 23.5 Å². The number of nitrogens with zero attached hydrogens (tertiary/aromatic N) is 2. The van der Waals surface area contributed by atoms with Crippen LogP contribution in [0.4, 0.5) is 0 Å². The van der Waals surface area contributed by atoms with Gasteiger partial charge in [0.2, 0.25) is 0 Å². The second kappa shape index (κ2) is 4.49. The van der Waals surface area contributed by atoms with Crippen LogP contribution in [0.2, 0.25) is 0 Å². The molecule has 0 bridgehead atoms. The Morgan fingerprint density at radius 1 is 0.773 bits per heavy atom. The second-order valence-corrected chi connectivity index (χ2v) is 5.76. The molecule has 0 unspecified atom stereocenters. The van der Waals surface area contributed by atoms with E-state index >= 15 is 0 Å². The molecule has 1 aliphatic rings. The maximum absolute atomic E-state index is 11.7. The van der Waals surface area contributed by atoms with Gasteiger partial charge in [0.05, 0.1) is 11.4 Å². The van der Waals surface area contributed by atoms with Crippen molar-refractivity contribution in [2.45, 2.75) is 19.4 Å². The molecule has 1 aromatic carbocycles. The first kappa shape index (κ1) is 13.2. The molecule has 0 atom stereocenters. The fourth-order valence-corrected chi connectivity index (χ4v) is 3.35. The Bertz CT molecular complexity index is 841. The maximum atomic E-state index is 11.7. The molecule has 0 saturated carbocycles. The van der Waals surface area contributed by atoms with Gasteiger partial charge in [-0.25, -0.2) is 0 Å². The zero-order chi connectivity index (χ0) is 15.3. The van der Waals surface area contributed by atoms with Crippen LogP contribution in [0.1, 0.15) is 27.8 Å². The van der Waals surface area contributed by atoms with Gasteiger partial charge in [-0.1, -0.05) is 30.3 Å². The highest BCUT2D eigenvalue weighted by atomic mass is 16.3. The van der Waals surface area contributed by atoms with Crippen LogP contribution in [-0.4, -0.2) is 15.1 Å². The quantitative estimate of drug-likeness (QED) is 0.747. The number of hydrogen-bond donors (Lipinski definition) is 1. The monoisotopic (exact) mass is 288 g/mol. The lowest BCUT2D eigenvalue weighted by molar-refractivity contribution is 0.129. The van der Waals surface area contributed by atoms with Crippen molar-refractivity contribution in [2.24, 2.45) is 0 Å². The van der Waals surface area contributed by atoms with E-state index in [1.54, 1.807) is 12.4 Å². The number of rotatable bonds is 1. The lowest BCUT2D eigenvalue weighted by Crippen LogP contribution is -2.27. The Kier molecular flexibility index (Phi) is 2.68. The largest absolute Gasteiger partial charge is 0.376 e. The van der Waals surface area contributed by atoms with Crippen LogP contribution in [0.5, 0.6) is 0 Å². The van der Waals surface area contributed by atoms with E-state index in [-0.39, 0.29) is 0 Å². The minimum atomic E-state index is -1.19. The molecule has 0 radical (unpaired) electrons. The highest BCUT2D eigenvalue weighted by Gasteiger charge is 2.45. The number of benzene rings is 1. The Morgan fingerprint density at radius 3 is 1.91 bits per heavy atom. The number of aryl methyl sites for hydroxylation is 1. The van der Waals surface area contributed by atoms with Crippen LogP contribution in [0.15, 0.2) is 54.9 Å². The summed E-state index contributed by atoms with van der Waals surface area (Å²) in [5, 5.41) is 11.7. The fourth-order valence-electron chi connectivity index (χ4n) is 3.35. The summed E-state index contributed by atoms with van der Waals surface area (Å²) in [7, 11) is 0. The summed E-state index contributed by atoms with van der Waals surface area (Å²) in [6.07, 6.45) is 3.48. The standard InChI is InChI=1S/C19H16N2O/c1-12-6-3-7-14(13(12)2)19(22)15-8-4-10-20-17(15)18-16(19)9-5-11-21-18/h3-11,22H,1-2H3. The van der Waals surface area contributed by atoms with Crippen LogP contribution < -0.4 is 0 Å². The molecule has 0 amide bonds. The summed E-state index contributed by atoms with van der Waals surface area (Å²) in [5.41, 5.74) is 5.10. The SMILES string of the molecule is Cc1cccc(C2(O)c3cccnc3-c3ncccc32)c1C. The van der Waals surface area contributed by atoms with Crippen LogP contribution in [0.3, 0.4) is 0 Å². The predicted octanol–water partition coefficient (Wildman–Crippen LogP) is 3.36. The highest BCUT2D eigenvalue weighted by Crippen LogP contribution is 2.49. The van der Waals surface area contributed by atoms with Gasteiger partial charge in [0.15, 0.2) is 0 Å². The first-order valence-electron chi connectivity index (χ1n) is 7.34. The zero-order valence-corrected chi connectivity index (χ0v) is 12.5. The zero-order valence-electron chi connectivity index (χ0n) is 12.5. The van der Waals surface area contributed by atoms with E-state index in [2.05, 4.69) is 23.0 Å². The maximum Gasteiger partial charge on any atom is 0.145 e. The summed E-state index contributed by atoms with van der Waals surface area (Å²) in [4.78, 5) is 8.90. The normalized spacial score (nSPS) is 14.5. The van der Waals surface area contributed by atoms with Gasteiger partial charge in [-0.05, 0) is 42.7 Å². The van der Waals surface area contributed by atoms with E-state index in [1.807, 2.05) is 43.3 Å². The van der Waals surface area contributed by atoms with Crippen molar-refractivity contribution >= 4 is 0 Å². The molecule has 3 heteroatoms. The van der Waals surface area contributed by atoms with Gasteiger partial charge < -0.3 is 5.11 Å². The van der Waals surface area contributed by atoms with Crippen molar-refractivity contribution in [2.75, 3.05) is 0 Å². The van der Waals surface area contributed by atoms with Crippen LogP contribution in [-0.2, 0) is 5.60 Å². The Hall–Kier alpha value is -2.52. The van der Waals surface area contributed by atoms with E-state index in [1.165, 1.54) is 0 Å². The molecule has 1 aliphatic carbocycles. The number of aromatic nitrogens is 2. The minimum Gasteiger partial charge on any atom is -0.376 e. The van der Waals surface area contributed by atoms with Crippen molar-refractivity contribution in [3.05, 3.63) is 82.7 Å². The number of fused-ring (bicyclic) bond motifs is 3. The third-order valence-electron chi connectivity index (χ3n) is 4.61. The predicted molar refractivity (Wildman–Crippen MR) is 85.5 cm³/mol. The van der Waals surface area contributed by atoms with E-state index in [4.69, 9.17) is 0 Å². The highest BCUT2D eigenvalue weighted by molar-refractivity contribution is 5.77. The summed E-state index contributed by atoms with van der Waals surface area (Å²) < 4.78 is 0. The molecular formula is C19H16N2O. The number of pyridine rings is 2. The van der Waals surface area contributed by atoms with E-state index in [9.17, 15) is 5.11 Å². The van der Waals surface area contributed by atoms with E-state index < -0.39 is 5.60 Å². The Balaban J connectivity index is 2.12. The lowest BCUT2D eigenvalue weighted by atomic mass is 9.81. The molecule has 22 heavy (non-hydrogen) atoms. The molecule has 3 nitrogen and oxygen atoms in total. The first-order valence-corrected chi connectivity index (χ1v) is 7.34. The number of hydrogen-bond acceptors (Lipinski definition) is 3. The third kappa shape index (κ3) is 1.54. The average molecular weight is 288 g/mol. The van der Waals surface area contributed by atoms with Crippen molar-refractivity contribution in [3.63, 3.8) is 0 Å². The van der Waals surface area contributed by atoms with Gasteiger partial charge in [-0.2, -0.15) is 0 Å². The summed E-state index contributed by atoms with van der Waals surface area (Å²) in [6, 6.07) is 13.6.